The van der Waals surface area contributed by atoms with Crippen LogP contribution in [0.5, 0.6) is 0 Å². The number of carbonyl (C=O) groups is 2. The second kappa shape index (κ2) is 2.05. The molecule has 5 atom stereocenters. The molecule has 4 nitrogen and oxygen atoms in total. The molecule has 0 aliphatic heterocycles. The number of carbonyl (C=O) groups excluding carboxylic acids is 2. The second-order valence-electron chi connectivity index (χ2n) is 4.05. The van der Waals surface area contributed by atoms with E-state index in [0.717, 1.165) is 6.42 Å². The Bertz CT molecular complexity index is 298. The van der Waals surface area contributed by atoms with Crippen LogP contribution in [0.3, 0.4) is 0 Å². The van der Waals surface area contributed by atoms with Crippen LogP contribution in [-0.2, 0) is 14.3 Å². The molecule has 4 aliphatic rings. The van der Waals surface area contributed by atoms with Crippen LogP contribution in [0.4, 0.5) is 4.79 Å². The fourth-order valence-corrected chi connectivity index (χ4v) is 3.09. The molecule has 0 aromatic rings. The van der Waals surface area contributed by atoms with Crippen molar-refractivity contribution < 1.29 is 19.1 Å². The molecule has 4 bridgehead atoms. The van der Waals surface area contributed by atoms with Crippen molar-refractivity contribution in [2.24, 2.45) is 23.7 Å². The van der Waals surface area contributed by atoms with Gasteiger partial charge in [-0.2, -0.15) is 0 Å². The number of hydrogen-bond donors (Lipinski definition) is 0. The molecule has 0 amide bonds. The summed E-state index contributed by atoms with van der Waals surface area (Å²) in [6.45, 7) is 0. The summed E-state index contributed by atoms with van der Waals surface area (Å²) < 4.78 is 9.47. The first-order chi connectivity index (χ1) is 6.24. The molecule has 70 valence electrons. The minimum Gasteiger partial charge on any atom is -0.438 e. The lowest BCUT2D eigenvalue weighted by molar-refractivity contribution is -0.122. The lowest BCUT2D eigenvalue weighted by Gasteiger charge is -2.13. The predicted octanol–water partition coefficient (Wildman–Crippen LogP) is 0.603. The largest absolute Gasteiger partial charge is 0.508 e. The molecule has 4 fully saturated rings. The minimum atomic E-state index is -0.656. The Labute approximate surface area is 75.2 Å². The minimum absolute atomic E-state index is 0.0147. The van der Waals surface area contributed by atoms with Crippen molar-refractivity contribution in [2.45, 2.75) is 12.5 Å². The lowest BCUT2D eigenvalue weighted by Crippen LogP contribution is -2.23. The number of methoxy groups -OCH3 is 1. The monoisotopic (exact) mass is 182 g/mol. The van der Waals surface area contributed by atoms with Gasteiger partial charge >= 0.3 is 6.16 Å². The van der Waals surface area contributed by atoms with Gasteiger partial charge in [0.2, 0.25) is 0 Å². The number of rotatable bonds is 1. The quantitative estimate of drug-likeness (QED) is 0.557. The predicted molar refractivity (Wildman–Crippen MR) is 40.9 cm³/mol. The number of Topliss-reactive ketones (excluding diaryl/α,β-unsaturated/α-hetero) is 1. The zero-order valence-electron chi connectivity index (χ0n) is 7.23. The van der Waals surface area contributed by atoms with Crippen LogP contribution in [0, 0.1) is 23.7 Å². The van der Waals surface area contributed by atoms with Gasteiger partial charge in [-0.1, -0.05) is 0 Å². The van der Waals surface area contributed by atoms with Gasteiger partial charge in [-0.05, 0) is 12.3 Å². The summed E-state index contributed by atoms with van der Waals surface area (Å²) in [5.74, 6) is 1.37. The first-order valence-electron chi connectivity index (χ1n) is 4.52. The van der Waals surface area contributed by atoms with Gasteiger partial charge in [0.15, 0.2) is 0 Å². The Hall–Kier alpha value is -1.06. The van der Waals surface area contributed by atoms with Crippen molar-refractivity contribution in [3.8, 4) is 0 Å². The van der Waals surface area contributed by atoms with Crippen LogP contribution in [0.25, 0.3) is 0 Å². The Balaban J connectivity index is 1.75. The summed E-state index contributed by atoms with van der Waals surface area (Å²) in [6.07, 6.45) is 0.0986. The fourth-order valence-electron chi connectivity index (χ4n) is 3.09. The highest BCUT2D eigenvalue weighted by Crippen LogP contribution is 2.69. The van der Waals surface area contributed by atoms with E-state index in [-0.39, 0.29) is 17.9 Å². The maximum Gasteiger partial charge on any atom is 0.508 e. The van der Waals surface area contributed by atoms with Gasteiger partial charge in [0.1, 0.15) is 11.9 Å². The molecular weight excluding hydrogens is 172 g/mol. The van der Waals surface area contributed by atoms with E-state index in [9.17, 15) is 9.59 Å². The van der Waals surface area contributed by atoms with Crippen LogP contribution in [-0.4, -0.2) is 25.2 Å². The highest BCUT2D eigenvalue weighted by Gasteiger charge is 2.75. The topological polar surface area (TPSA) is 52.6 Å². The molecule has 13 heavy (non-hydrogen) atoms. The Morgan fingerprint density at radius 2 is 2.31 bits per heavy atom. The van der Waals surface area contributed by atoms with Crippen molar-refractivity contribution in [1.82, 2.24) is 0 Å². The average molecular weight is 182 g/mol. The summed E-state index contributed by atoms with van der Waals surface area (Å²) in [6, 6.07) is 0. The van der Waals surface area contributed by atoms with E-state index in [2.05, 4.69) is 4.74 Å². The first-order valence-corrected chi connectivity index (χ1v) is 4.52. The zero-order chi connectivity index (χ0) is 9.16. The first kappa shape index (κ1) is 7.35. The maximum absolute atomic E-state index is 11.4. The Morgan fingerprint density at radius 3 is 2.69 bits per heavy atom. The molecule has 0 radical (unpaired) electrons. The van der Waals surface area contributed by atoms with Crippen LogP contribution < -0.4 is 0 Å². The third-order valence-corrected chi connectivity index (χ3v) is 3.62. The molecule has 0 spiro atoms. The lowest BCUT2D eigenvalue weighted by atomic mass is 10.1. The molecule has 4 aliphatic carbocycles. The van der Waals surface area contributed by atoms with Gasteiger partial charge < -0.3 is 9.47 Å². The molecule has 0 aromatic heterocycles. The molecule has 4 heteroatoms. The average Bonchev–Trinajstić information content (AvgIpc) is 2.44. The third kappa shape index (κ3) is 0.716. The highest BCUT2D eigenvalue weighted by molar-refractivity contribution is 5.94. The number of ether oxygens (including phenoxy) is 2. The molecule has 4 rings (SSSR count). The SMILES string of the molecule is COC(=O)O[C@@H]1C2C3C[C@@H]1C(=O)C32. The molecular formula is C9H10O4. The molecule has 0 N–H and O–H groups in total. The van der Waals surface area contributed by atoms with Crippen LogP contribution in [0.15, 0.2) is 0 Å². The van der Waals surface area contributed by atoms with Crippen molar-refractivity contribution >= 4 is 11.9 Å². The second-order valence-corrected chi connectivity index (χ2v) is 4.05. The molecule has 4 saturated carbocycles. The Morgan fingerprint density at radius 1 is 1.54 bits per heavy atom. The van der Waals surface area contributed by atoms with Gasteiger partial charge in [-0.25, -0.2) is 4.79 Å². The maximum atomic E-state index is 11.4. The molecule has 3 unspecified atom stereocenters. The van der Waals surface area contributed by atoms with E-state index in [1.165, 1.54) is 7.11 Å². The third-order valence-electron chi connectivity index (χ3n) is 3.62. The highest BCUT2D eigenvalue weighted by atomic mass is 16.7. The van der Waals surface area contributed by atoms with Gasteiger partial charge in [-0.15, -0.1) is 0 Å². The van der Waals surface area contributed by atoms with E-state index in [1.807, 2.05) is 0 Å². The molecule has 0 heterocycles. The molecule has 0 aromatic carbocycles. The summed E-state index contributed by atoms with van der Waals surface area (Å²) in [5.41, 5.74) is 0. The van der Waals surface area contributed by atoms with Gasteiger partial charge in [0.25, 0.3) is 0 Å². The summed E-state index contributed by atoms with van der Waals surface area (Å²) in [7, 11) is 1.29. The normalized spacial score (nSPS) is 49.3. The van der Waals surface area contributed by atoms with Crippen LogP contribution >= 0.6 is 0 Å². The summed E-state index contributed by atoms with van der Waals surface area (Å²) in [4.78, 5) is 22.3. The van der Waals surface area contributed by atoms with E-state index in [4.69, 9.17) is 4.74 Å². The van der Waals surface area contributed by atoms with E-state index >= 15 is 0 Å². The van der Waals surface area contributed by atoms with Gasteiger partial charge in [0, 0.05) is 11.8 Å². The van der Waals surface area contributed by atoms with Crippen molar-refractivity contribution in [3.63, 3.8) is 0 Å². The standard InChI is InChI=1S/C9H10O4/c1-12-9(11)13-8-4-2-3-5(6(3)8)7(4)10/h3-6,8H,2H2,1H3/t3?,4-,5?,6?,8+/m1/s1. The Kier molecular flexibility index (Phi) is 1.16. The van der Waals surface area contributed by atoms with Crippen molar-refractivity contribution in [3.05, 3.63) is 0 Å². The van der Waals surface area contributed by atoms with Gasteiger partial charge in [0.05, 0.1) is 13.0 Å². The van der Waals surface area contributed by atoms with Crippen molar-refractivity contribution in [2.75, 3.05) is 7.11 Å². The van der Waals surface area contributed by atoms with E-state index in [1.54, 1.807) is 0 Å². The smallest absolute Gasteiger partial charge is 0.438 e. The fraction of sp³-hybridized carbons (Fsp3) is 0.778. The van der Waals surface area contributed by atoms with Crippen LogP contribution in [0.1, 0.15) is 6.42 Å². The summed E-state index contributed by atoms with van der Waals surface area (Å²) >= 11 is 0. The zero-order valence-corrected chi connectivity index (χ0v) is 7.23. The summed E-state index contributed by atoms with van der Waals surface area (Å²) in [5, 5.41) is 0. The van der Waals surface area contributed by atoms with E-state index in [0.29, 0.717) is 17.6 Å². The van der Waals surface area contributed by atoms with Gasteiger partial charge in [-0.3, -0.25) is 4.79 Å². The van der Waals surface area contributed by atoms with E-state index < -0.39 is 6.16 Å². The van der Waals surface area contributed by atoms with Crippen LogP contribution in [0.2, 0.25) is 0 Å². The van der Waals surface area contributed by atoms with Crippen molar-refractivity contribution in [1.29, 1.82) is 0 Å². The molecule has 0 saturated heterocycles. The number of hydrogen-bond acceptors (Lipinski definition) is 4. The number of ketones is 1.